The predicted molar refractivity (Wildman–Crippen MR) is 83.4 cm³/mol. The SMILES string of the molecule is Cc1ccc(S(=O)(=O)N(C)C)cc1C(=O)N1CCO[C@H](C)C1. The molecular weight excluding hydrogens is 304 g/mol. The summed E-state index contributed by atoms with van der Waals surface area (Å²) < 4.78 is 31.0. The zero-order chi connectivity index (χ0) is 16.5. The fourth-order valence-electron chi connectivity index (χ4n) is 2.38. The van der Waals surface area contributed by atoms with Gasteiger partial charge in [-0.05, 0) is 31.5 Å². The van der Waals surface area contributed by atoms with Gasteiger partial charge in [0, 0.05) is 32.7 Å². The first-order valence-corrected chi connectivity index (χ1v) is 8.61. The molecule has 1 aromatic carbocycles. The highest BCUT2D eigenvalue weighted by atomic mass is 32.2. The highest BCUT2D eigenvalue weighted by molar-refractivity contribution is 7.89. The highest BCUT2D eigenvalue weighted by Gasteiger charge is 2.25. The summed E-state index contributed by atoms with van der Waals surface area (Å²) in [4.78, 5) is 14.5. The van der Waals surface area contributed by atoms with Gasteiger partial charge >= 0.3 is 0 Å². The Labute approximate surface area is 131 Å². The first-order chi connectivity index (χ1) is 10.2. The summed E-state index contributed by atoms with van der Waals surface area (Å²) >= 11 is 0. The Balaban J connectivity index is 2.37. The minimum Gasteiger partial charge on any atom is -0.375 e. The van der Waals surface area contributed by atoms with Crippen LogP contribution in [0.5, 0.6) is 0 Å². The molecule has 1 amide bonds. The molecule has 7 heteroatoms. The third-order valence-corrected chi connectivity index (χ3v) is 5.56. The van der Waals surface area contributed by atoms with Crippen molar-refractivity contribution < 1.29 is 17.9 Å². The molecule has 1 heterocycles. The Morgan fingerprint density at radius 2 is 2.05 bits per heavy atom. The minimum atomic E-state index is -3.55. The zero-order valence-corrected chi connectivity index (χ0v) is 14.2. The second-order valence-corrected chi connectivity index (χ2v) is 7.85. The lowest BCUT2D eigenvalue weighted by Gasteiger charge is -2.31. The molecule has 0 radical (unpaired) electrons. The third kappa shape index (κ3) is 3.31. The Hall–Kier alpha value is -1.44. The van der Waals surface area contributed by atoms with Gasteiger partial charge in [-0.1, -0.05) is 6.07 Å². The van der Waals surface area contributed by atoms with Gasteiger partial charge in [0.25, 0.3) is 5.91 Å². The first kappa shape index (κ1) is 16.9. The molecule has 1 aromatic rings. The molecule has 1 fully saturated rings. The average Bonchev–Trinajstić information content (AvgIpc) is 2.46. The zero-order valence-electron chi connectivity index (χ0n) is 13.4. The summed E-state index contributed by atoms with van der Waals surface area (Å²) in [6, 6.07) is 4.67. The topological polar surface area (TPSA) is 66.9 Å². The van der Waals surface area contributed by atoms with Crippen LogP contribution in [0.2, 0.25) is 0 Å². The van der Waals surface area contributed by atoms with Gasteiger partial charge in [0.15, 0.2) is 0 Å². The standard InChI is InChI=1S/C15H22N2O4S/c1-11-5-6-13(22(19,20)16(3)4)9-14(11)15(18)17-7-8-21-12(2)10-17/h5-6,9,12H,7-8,10H2,1-4H3/t12-/m1/s1. The van der Waals surface area contributed by atoms with E-state index >= 15 is 0 Å². The maximum atomic E-state index is 12.7. The number of benzene rings is 1. The third-order valence-electron chi connectivity index (χ3n) is 3.75. The Morgan fingerprint density at radius 1 is 1.36 bits per heavy atom. The van der Waals surface area contributed by atoms with Crippen LogP contribution in [0.3, 0.4) is 0 Å². The number of hydrogen-bond acceptors (Lipinski definition) is 4. The van der Waals surface area contributed by atoms with Gasteiger partial charge in [0.2, 0.25) is 10.0 Å². The maximum absolute atomic E-state index is 12.7. The van der Waals surface area contributed by atoms with E-state index in [0.29, 0.717) is 25.3 Å². The van der Waals surface area contributed by atoms with Crippen molar-refractivity contribution in [1.82, 2.24) is 9.21 Å². The number of ether oxygens (including phenoxy) is 1. The van der Waals surface area contributed by atoms with E-state index in [1.807, 2.05) is 13.8 Å². The average molecular weight is 326 g/mol. The van der Waals surface area contributed by atoms with E-state index in [1.165, 1.54) is 26.2 Å². The summed E-state index contributed by atoms with van der Waals surface area (Å²) in [5, 5.41) is 0. The van der Waals surface area contributed by atoms with Crippen LogP contribution >= 0.6 is 0 Å². The van der Waals surface area contributed by atoms with Crippen molar-refractivity contribution in [3.8, 4) is 0 Å². The van der Waals surface area contributed by atoms with Crippen LogP contribution in [0.25, 0.3) is 0 Å². The lowest BCUT2D eigenvalue weighted by Crippen LogP contribution is -2.44. The number of morpholine rings is 1. The highest BCUT2D eigenvalue weighted by Crippen LogP contribution is 2.20. The van der Waals surface area contributed by atoms with E-state index in [2.05, 4.69) is 0 Å². The van der Waals surface area contributed by atoms with Crippen molar-refractivity contribution in [2.45, 2.75) is 24.8 Å². The second kappa shape index (κ2) is 6.36. The molecule has 0 bridgehead atoms. The molecule has 0 aromatic heterocycles. The molecule has 0 aliphatic carbocycles. The molecule has 2 rings (SSSR count). The normalized spacial score (nSPS) is 19.5. The first-order valence-electron chi connectivity index (χ1n) is 7.17. The Kier molecular flexibility index (Phi) is 4.89. The van der Waals surface area contributed by atoms with Gasteiger partial charge in [-0.2, -0.15) is 0 Å². The number of rotatable bonds is 3. The lowest BCUT2D eigenvalue weighted by atomic mass is 10.1. The molecule has 6 nitrogen and oxygen atoms in total. The molecule has 0 N–H and O–H groups in total. The quantitative estimate of drug-likeness (QED) is 0.834. The van der Waals surface area contributed by atoms with Crippen molar-refractivity contribution in [1.29, 1.82) is 0 Å². The number of nitrogens with zero attached hydrogens (tertiary/aromatic N) is 2. The molecule has 1 saturated heterocycles. The summed E-state index contributed by atoms with van der Waals surface area (Å²) in [6.45, 7) is 5.26. The number of carbonyl (C=O) groups excluding carboxylic acids is 1. The molecule has 1 aliphatic heterocycles. The Bertz CT molecular complexity index is 670. The van der Waals surface area contributed by atoms with E-state index in [-0.39, 0.29) is 16.9 Å². The van der Waals surface area contributed by atoms with Gasteiger partial charge in [-0.3, -0.25) is 4.79 Å². The fourth-order valence-corrected chi connectivity index (χ4v) is 3.30. The largest absolute Gasteiger partial charge is 0.375 e. The molecular formula is C15H22N2O4S. The number of sulfonamides is 1. The lowest BCUT2D eigenvalue weighted by molar-refractivity contribution is -0.0124. The molecule has 0 unspecified atom stereocenters. The van der Waals surface area contributed by atoms with Gasteiger partial charge in [0.05, 0.1) is 17.6 Å². The fraction of sp³-hybridized carbons (Fsp3) is 0.533. The number of aryl methyl sites for hydroxylation is 1. The van der Waals surface area contributed by atoms with Crippen molar-refractivity contribution in [3.63, 3.8) is 0 Å². The van der Waals surface area contributed by atoms with Gasteiger partial charge < -0.3 is 9.64 Å². The van der Waals surface area contributed by atoms with Crippen LogP contribution in [0, 0.1) is 6.92 Å². The van der Waals surface area contributed by atoms with Gasteiger partial charge in [-0.25, -0.2) is 12.7 Å². The molecule has 22 heavy (non-hydrogen) atoms. The minimum absolute atomic E-state index is 0.00769. The summed E-state index contributed by atoms with van der Waals surface area (Å²) in [7, 11) is -0.608. The van der Waals surface area contributed by atoms with Crippen LogP contribution in [-0.4, -0.2) is 63.4 Å². The predicted octanol–water partition coefficient (Wildman–Crippen LogP) is 1.11. The van der Waals surface area contributed by atoms with E-state index in [1.54, 1.807) is 11.0 Å². The summed E-state index contributed by atoms with van der Waals surface area (Å²) in [6.07, 6.45) is -0.00769. The van der Waals surface area contributed by atoms with E-state index in [9.17, 15) is 13.2 Å². The number of carbonyl (C=O) groups is 1. The van der Waals surface area contributed by atoms with E-state index < -0.39 is 10.0 Å². The van der Waals surface area contributed by atoms with E-state index in [0.717, 1.165) is 9.87 Å². The van der Waals surface area contributed by atoms with Crippen molar-refractivity contribution in [2.75, 3.05) is 33.8 Å². The van der Waals surface area contributed by atoms with Crippen LogP contribution in [0.15, 0.2) is 23.1 Å². The van der Waals surface area contributed by atoms with Crippen molar-refractivity contribution in [3.05, 3.63) is 29.3 Å². The maximum Gasteiger partial charge on any atom is 0.254 e. The molecule has 122 valence electrons. The molecule has 1 aliphatic rings. The molecule has 1 atom stereocenters. The van der Waals surface area contributed by atoms with Crippen LogP contribution in [0.4, 0.5) is 0 Å². The second-order valence-electron chi connectivity index (χ2n) is 5.70. The molecule has 0 spiro atoms. The van der Waals surface area contributed by atoms with Crippen LogP contribution in [-0.2, 0) is 14.8 Å². The van der Waals surface area contributed by atoms with Crippen LogP contribution < -0.4 is 0 Å². The summed E-state index contributed by atoms with van der Waals surface area (Å²) in [5.41, 5.74) is 1.19. The van der Waals surface area contributed by atoms with E-state index in [4.69, 9.17) is 4.74 Å². The van der Waals surface area contributed by atoms with Crippen LogP contribution in [0.1, 0.15) is 22.8 Å². The van der Waals surface area contributed by atoms with Gasteiger partial charge in [0.1, 0.15) is 0 Å². The Morgan fingerprint density at radius 3 is 2.64 bits per heavy atom. The van der Waals surface area contributed by atoms with Crippen molar-refractivity contribution >= 4 is 15.9 Å². The monoisotopic (exact) mass is 326 g/mol. The van der Waals surface area contributed by atoms with Gasteiger partial charge in [-0.15, -0.1) is 0 Å². The number of amides is 1. The molecule has 0 saturated carbocycles. The number of hydrogen-bond donors (Lipinski definition) is 0. The summed E-state index contributed by atoms with van der Waals surface area (Å²) in [5.74, 6) is -0.150. The smallest absolute Gasteiger partial charge is 0.254 e. The van der Waals surface area contributed by atoms with Crippen molar-refractivity contribution in [2.24, 2.45) is 0 Å².